The Kier molecular flexibility index (Phi) is 6.69. The molecule has 10 heteroatoms. The number of aryl methyl sites for hydroxylation is 1. The molecule has 0 aromatic carbocycles. The van der Waals surface area contributed by atoms with Crippen LogP contribution >= 0.6 is 23.2 Å². The standard InChI is InChI=1S/C20H19Cl2N5O3/c1-11(2)18-13(9-24-27(18)16-6-4-5-7-23-16)20(29)30-10-17(28)26-19-15(22)8-14(21)12(3)25-19/h4-9,11H,10H2,1-3H3,(H,25,26,28). The predicted molar refractivity (Wildman–Crippen MR) is 113 cm³/mol. The number of pyridine rings is 2. The van der Waals surface area contributed by atoms with E-state index in [0.29, 0.717) is 22.2 Å². The van der Waals surface area contributed by atoms with Crippen LogP contribution in [0.25, 0.3) is 5.82 Å². The van der Waals surface area contributed by atoms with Gasteiger partial charge in [-0.05, 0) is 31.0 Å². The van der Waals surface area contributed by atoms with E-state index >= 15 is 0 Å². The van der Waals surface area contributed by atoms with E-state index in [1.807, 2.05) is 19.9 Å². The maximum atomic E-state index is 12.6. The molecule has 0 radical (unpaired) electrons. The fourth-order valence-electron chi connectivity index (χ4n) is 2.76. The monoisotopic (exact) mass is 447 g/mol. The minimum absolute atomic E-state index is 0.0362. The molecule has 1 amide bonds. The zero-order chi connectivity index (χ0) is 21.8. The number of nitrogens with one attached hydrogen (secondary N) is 1. The number of rotatable bonds is 6. The fourth-order valence-corrected chi connectivity index (χ4v) is 3.16. The lowest BCUT2D eigenvalue weighted by Gasteiger charge is -2.12. The van der Waals surface area contributed by atoms with Crippen molar-refractivity contribution < 1.29 is 14.3 Å². The molecule has 3 rings (SSSR count). The molecular weight excluding hydrogens is 429 g/mol. The number of nitrogens with zero attached hydrogens (tertiary/aromatic N) is 4. The van der Waals surface area contributed by atoms with Gasteiger partial charge in [-0.15, -0.1) is 0 Å². The molecule has 8 nitrogen and oxygen atoms in total. The van der Waals surface area contributed by atoms with E-state index in [-0.39, 0.29) is 22.3 Å². The van der Waals surface area contributed by atoms with Gasteiger partial charge in [0.15, 0.2) is 18.2 Å². The van der Waals surface area contributed by atoms with Crippen LogP contribution in [-0.2, 0) is 9.53 Å². The number of hydrogen-bond acceptors (Lipinski definition) is 6. The third-order valence-electron chi connectivity index (χ3n) is 4.14. The molecule has 0 aliphatic rings. The maximum Gasteiger partial charge on any atom is 0.342 e. The first-order valence-corrected chi connectivity index (χ1v) is 9.82. The van der Waals surface area contributed by atoms with Gasteiger partial charge in [-0.1, -0.05) is 43.1 Å². The van der Waals surface area contributed by atoms with Gasteiger partial charge in [0.05, 0.1) is 27.6 Å². The predicted octanol–water partition coefficient (Wildman–Crippen LogP) is 4.20. The second-order valence-corrected chi connectivity index (χ2v) is 7.52. The number of halogens is 2. The topological polar surface area (TPSA) is 99.0 Å². The molecule has 0 fully saturated rings. The number of carbonyl (C=O) groups excluding carboxylic acids is 2. The second-order valence-electron chi connectivity index (χ2n) is 6.71. The van der Waals surface area contributed by atoms with Crippen molar-refractivity contribution in [1.82, 2.24) is 19.7 Å². The molecule has 0 aliphatic carbocycles. The molecule has 0 unspecified atom stereocenters. The van der Waals surface area contributed by atoms with Crippen molar-refractivity contribution in [1.29, 1.82) is 0 Å². The summed E-state index contributed by atoms with van der Waals surface area (Å²) in [4.78, 5) is 33.2. The Balaban J connectivity index is 1.72. The van der Waals surface area contributed by atoms with Gasteiger partial charge in [0.25, 0.3) is 5.91 Å². The van der Waals surface area contributed by atoms with Crippen molar-refractivity contribution >= 4 is 40.9 Å². The van der Waals surface area contributed by atoms with Crippen LogP contribution in [0, 0.1) is 6.92 Å². The fraction of sp³-hybridized carbons (Fsp3) is 0.250. The Hall–Kier alpha value is -2.97. The van der Waals surface area contributed by atoms with Crippen LogP contribution in [-0.4, -0.2) is 38.2 Å². The summed E-state index contributed by atoms with van der Waals surface area (Å²) in [5.41, 5.74) is 1.41. The van der Waals surface area contributed by atoms with Crippen molar-refractivity contribution in [2.45, 2.75) is 26.7 Å². The molecule has 0 aliphatic heterocycles. The molecule has 0 bridgehead atoms. The lowest BCUT2D eigenvalue weighted by Crippen LogP contribution is -2.22. The number of esters is 1. The molecule has 3 aromatic rings. The van der Waals surface area contributed by atoms with Gasteiger partial charge in [-0.2, -0.15) is 5.10 Å². The number of amides is 1. The molecule has 0 saturated heterocycles. The van der Waals surface area contributed by atoms with Crippen LogP contribution in [0.2, 0.25) is 10.0 Å². The first-order chi connectivity index (χ1) is 14.3. The van der Waals surface area contributed by atoms with E-state index in [9.17, 15) is 9.59 Å². The molecule has 30 heavy (non-hydrogen) atoms. The number of aromatic nitrogens is 4. The van der Waals surface area contributed by atoms with Gasteiger partial charge in [-0.25, -0.2) is 19.4 Å². The molecule has 0 saturated carbocycles. The second kappa shape index (κ2) is 9.23. The summed E-state index contributed by atoms with van der Waals surface area (Å²) in [5.74, 6) is -0.557. The van der Waals surface area contributed by atoms with Crippen LogP contribution in [0.15, 0.2) is 36.7 Å². The normalized spacial score (nSPS) is 10.9. The van der Waals surface area contributed by atoms with Crippen LogP contribution in [0.5, 0.6) is 0 Å². The largest absolute Gasteiger partial charge is 0.452 e. The summed E-state index contributed by atoms with van der Waals surface area (Å²) in [6.07, 6.45) is 3.05. The Morgan fingerprint density at radius 2 is 2.00 bits per heavy atom. The SMILES string of the molecule is Cc1nc(NC(=O)COC(=O)c2cnn(-c3ccccn3)c2C(C)C)c(Cl)cc1Cl. The zero-order valence-corrected chi connectivity index (χ0v) is 18.0. The molecule has 3 aromatic heterocycles. The van der Waals surface area contributed by atoms with Gasteiger partial charge < -0.3 is 10.1 Å². The summed E-state index contributed by atoms with van der Waals surface area (Å²) in [6, 6.07) is 6.88. The van der Waals surface area contributed by atoms with Crippen molar-refractivity contribution in [3.8, 4) is 5.82 Å². The van der Waals surface area contributed by atoms with Crippen LogP contribution in [0.4, 0.5) is 5.82 Å². The van der Waals surface area contributed by atoms with Crippen LogP contribution in [0.1, 0.15) is 41.5 Å². The highest BCUT2D eigenvalue weighted by atomic mass is 35.5. The molecule has 1 N–H and O–H groups in total. The van der Waals surface area contributed by atoms with Gasteiger partial charge in [-0.3, -0.25) is 4.79 Å². The Bertz CT molecular complexity index is 1080. The van der Waals surface area contributed by atoms with E-state index < -0.39 is 18.5 Å². The summed E-state index contributed by atoms with van der Waals surface area (Å²) in [7, 11) is 0. The van der Waals surface area contributed by atoms with E-state index in [1.54, 1.807) is 29.9 Å². The number of ether oxygens (including phenoxy) is 1. The van der Waals surface area contributed by atoms with Crippen molar-refractivity contribution in [3.63, 3.8) is 0 Å². The van der Waals surface area contributed by atoms with Crippen molar-refractivity contribution in [2.24, 2.45) is 0 Å². The number of carbonyl (C=O) groups is 2. The molecule has 0 spiro atoms. The summed E-state index contributed by atoms with van der Waals surface area (Å²) < 4.78 is 6.76. The smallest absolute Gasteiger partial charge is 0.342 e. The lowest BCUT2D eigenvalue weighted by atomic mass is 10.1. The van der Waals surface area contributed by atoms with E-state index in [4.69, 9.17) is 27.9 Å². The van der Waals surface area contributed by atoms with E-state index in [2.05, 4.69) is 20.4 Å². The van der Waals surface area contributed by atoms with Gasteiger partial charge >= 0.3 is 5.97 Å². The Morgan fingerprint density at radius 3 is 2.67 bits per heavy atom. The number of anilines is 1. The first kappa shape index (κ1) is 21.7. The lowest BCUT2D eigenvalue weighted by molar-refractivity contribution is -0.119. The maximum absolute atomic E-state index is 12.6. The molecule has 3 heterocycles. The Labute approximate surface area is 183 Å². The van der Waals surface area contributed by atoms with E-state index in [1.165, 1.54) is 12.3 Å². The average Bonchev–Trinajstić information content (AvgIpc) is 3.16. The summed E-state index contributed by atoms with van der Waals surface area (Å²) in [6.45, 7) is 5.03. The quantitative estimate of drug-likeness (QED) is 0.568. The molecule has 156 valence electrons. The summed E-state index contributed by atoms with van der Waals surface area (Å²) in [5, 5.41) is 7.34. The van der Waals surface area contributed by atoms with Crippen molar-refractivity contribution in [3.05, 3.63) is 63.7 Å². The highest BCUT2D eigenvalue weighted by Gasteiger charge is 2.23. The minimum Gasteiger partial charge on any atom is -0.452 e. The first-order valence-electron chi connectivity index (χ1n) is 9.07. The average molecular weight is 448 g/mol. The third-order valence-corrected chi connectivity index (χ3v) is 4.81. The van der Waals surface area contributed by atoms with Gasteiger partial charge in [0.1, 0.15) is 5.56 Å². The number of hydrogen-bond donors (Lipinski definition) is 1. The minimum atomic E-state index is -0.664. The van der Waals surface area contributed by atoms with E-state index in [0.717, 1.165) is 0 Å². The van der Waals surface area contributed by atoms with Crippen molar-refractivity contribution in [2.75, 3.05) is 11.9 Å². The summed E-state index contributed by atoms with van der Waals surface area (Å²) >= 11 is 12.0. The van der Waals surface area contributed by atoms with Crippen LogP contribution < -0.4 is 5.32 Å². The molecule has 0 atom stereocenters. The highest BCUT2D eigenvalue weighted by molar-refractivity contribution is 6.36. The Morgan fingerprint density at radius 1 is 1.23 bits per heavy atom. The van der Waals surface area contributed by atoms with Crippen LogP contribution in [0.3, 0.4) is 0 Å². The van der Waals surface area contributed by atoms with Gasteiger partial charge in [0, 0.05) is 6.20 Å². The highest BCUT2D eigenvalue weighted by Crippen LogP contribution is 2.26. The third kappa shape index (κ3) is 4.77. The van der Waals surface area contributed by atoms with Gasteiger partial charge in [0.2, 0.25) is 0 Å². The zero-order valence-electron chi connectivity index (χ0n) is 16.5. The molecular formula is C20H19Cl2N5O3.